The molecule has 5 heteroatoms. The van der Waals surface area contributed by atoms with Crippen molar-refractivity contribution in [2.24, 2.45) is 0 Å². The number of ether oxygens (including phenoxy) is 1. The van der Waals surface area contributed by atoms with E-state index in [2.05, 4.69) is 28.6 Å². The summed E-state index contributed by atoms with van der Waals surface area (Å²) in [5.41, 5.74) is 3.05. The summed E-state index contributed by atoms with van der Waals surface area (Å²) in [5.74, 6) is 0.0287. The van der Waals surface area contributed by atoms with Gasteiger partial charge in [0.1, 0.15) is 0 Å². The van der Waals surface area contributed by atoms with Crippen molar-refractivity contribution in [1.29, 1.82) is 0 Å². The molecule has 2 aliphatic rings. The Bertz CT molecular complexity index is 541. The number of rotatable bonds is 6. The Morgan fingerprint density at radius 2 is 2.04 bits per heavy atom. The number of hydrogen-bond acceptors (Lipinski definition) is 3. The fourth-order valence-electron chi connectivity index (χ4n) is 3.73. The molecule has 5 nitrogen and oxygen atoms in total. The third-order valence-corrected chi connectivity index (χ3v) is 5.17. The number of carbonyl (C=O) groups excluding carboxylic acids is 1. The predicted molar refractivity (Wildman–Crippen MR) is 90.9 cm³/mol. The Labute approximate surface area is 139 Å². The zero-order valence-electron chi connectivity index (χ0n) is 14.4. The van der Waals surface area contributed by atoms with Gasteiger partial charge in [-0.1, -0.05) is 0 Å². The predicted octanol–water partition coefficient (Wildman–Crippen LogP) is 2.11. The first-order valence-electron chi connectivity index (χ1n) is 8.94. The van der Waals surface area contributed by atoms with Crippen LogP contribution < -0.4 is 5.32 Å². The molecular formula is C18H29N3O2. The highest BCUT2D eigenvalue weighted by atomic mass is 16.5. The number of aryl methyl sites for hydroxylation is 1. The standard InChI is InChI=1S/C18H29N3O2/c1-14-12-17(18(22)19-13-16-6-5-11-23-16)15(2)21(14)10-9-20-7-3-4-8-20/h12,16H,3-11,13H2,1-2H3,(H,19,22)/t16-/m0/s1. The van der Waals surface area contributed by atoms with Gasteiger partial charge in [-0.2, -0.15) is 0 Å². The maximum absolute atomic E-state index is 12.5. The van der Waals surface area contributed by atoms with Crippen molar-refractivity contribution >= 4 is 5.91 Å². The topological polar surface area (TPSA) is 46.5 Å². The highest BCUT2D eigenvalue weighted by Gasteiger charge is 2.20. The molecule has 2 saturated heterocycles. The third kappa shape index (κ3) is 3.96. The molecule has 0 aliphatic carbocycles. The van der Waals surface area contributed by atoms with Crippen LogP contribution >= 0.6 is 0 Å². The number of nitrogens with zero attached hydrogens (tertiary/aromatic N) is 2. The molecule has 1 aromatic heterocycles. The SMILES string of the molecule is Cc1cc(C(=O)NC[C@@H]2CCCO2)c(C)n1CCN1CCCC1. The van der Waals surface area contributed by atoms with E-state index in [4.69, 9.17) is 4.74 Å². The highest BCUT2D eigenvalue weighted by Crippen LogP contribution is 2.17. The number of aromatic nitrogens is 1. The maximum atomic E-state index is 12.5. The number of carbonyl (C=O) groups is 1. The Morgan fingerprint density at radius 3 is 2.74 bits per heavy atom. The minimum atomic E-state index is 0.0287. The molecule has 1 aromatic rings. The second kappa shape index (κ2) is 7.49. The molecule has 0 unspecified atom stereocenters. The van der Waals surface area contributed by atoms with Gasteiger partial charge in [0.15, 0.2) is 0 Å². The lowest BCUT2D eigenvalue weighted by atomic mass is 10.2. The van der Waals surface area contributed by atoms with E-state index in [9.17, 15) is 4.79 Å². The lowest BCUT2D eigenvalue weighted by Gasteiger charge is -2.17. The first-order valence-corrected chi connectivity index (χ1v) is 8.94. The second-order valence-corrected chi connectivity index (χ2v) is 6.83. The van der Waals surface area contributed by atoms with Crippen molar-refractivity contribution in [3.63, 3.8) is 0 Å². The summed E-state index contributed by atoms with van der Waals surface area (Å²) >= 11 is 0. The van der Waals surface area contributed by atoms with E-state index in [1.165, 1.54) is 31.6 Å². The fourth-order valence-corrected chi connectivity index (χ4v) is 3.73. The quantitative estimate of drug-likeness (QED) is 0.873. The van der Waals surface area contributed by atoms with Gasteiger partial charge < -0.3 is 19.5 Å². The van der Waals surface area contributed by atoms with Gasteiger partial charge in [-0.25, -0.2) is 0 Å². The van der Waals surface area contributed by atoms with Gasteiger partial charge in [-0.05, 0) is 58.7 Å². The summed E-state index contributed by atoms with van der Waals surface area (Å²) < 4.78 is 7.85. The molecule has 1 N–H and O–H groups in total. The molecule has 2 aliphatic heterocycles. The summed E-state index contributed by atoms with van der Waals surface area (Å²) in [5, 5.41) is 3.03. The van der Waals surface area contributed by atoms with Crippen LogP contribution in [0, 0.1) is 13.8 Å². The molecule has 0 spiro atoms. The zero-order chi connectivity index (χ0) is 16.2. The monoisotopic (exact) mass is 319 g/mol. The van der Waals surface area contributed by atoms with Crippen LogP contribution in [0.1, 0.15) is 47.4 Å². The molecule has 1 atom stereocenters. The van der Waals surface area contributed by atoms with Gasteiger partial charge in [0, 0.05) is 37.6 Å². The fraction of sp³-hybridized carbons (Fsp3) is 0.722. The van der Waals surface area contributed by atoms with E-state index in [-0.39, 0.29) is 12.0 Å². The minimum absolute atomic E-state index is 0.0287. The molecule has 3 heterocycles. The van der Waals surface area contributed by atoms with Crippen molar-refractivity contribution in [3.05, 3.63) is 23.0 Å². The van der Waals surface area contributed by atoms with E-state index >= 15 is 0 Å². The largest absolute Gasteiger partial charge is 0.376 e. The molecule has 2 fully saturated rings. The van der Waals surface area contributed by atoms with Crippen LogP contribution in [-0.2, 0) is 11.3 Å². The van der Waals surface area contributed by atoms with Gasteiger partial charge in [0.05, 0.1) is 11.7 Å². The van der Waals surface area contributed by atoms with Crippen LogP contribution in [0.2, 0.25) is 0 Å². The molecule has 3 rings (SSSR count). The summed E-state index contributed by atoms with van der Waals surface area (Å²) in [7, 11) is 0. The first-order chi connectivity index (χ1) is 11.1. The van der Waals surface area contributed by atoms with E-state index < -0.39 is 0 Å². The summed E-state index contributed by atoms with van der Waals surface area (Å²) in [6.45, 7) is 10.1. The Balaban J connectivity index is 1.58. The van der Waals surface area contributed by atoms with Crippen molar-refractivity contribution in [3.8, 4) is 0 Å². The lowest BCUT2D eigenvalue weighted by Crippen LogP contribution is -2.32. The Kier molecular flexibility index (Phi) is 5.38. The smallest absolute Gasteiger partial charge is 0.253 e. The van der Waals surface area contributed by atoms with E-state index in [1.54, 1.807) is 0 Å². The second-order valence-electron chi connectivity index (χ2n) is 6.83. The molecule has 0 radical (unpaired) electrons. The van der Waals surface area contributed by atoms with Crippen LogP contribution in [0.3, 0.4) is 0 Å². The van der Waals surface area contributed by atoms with Crippen LogP contribution in [-0.4, -0.2) is 54.3 Å². The van der Waals surface area contributed by atoms with Crippen molar-refractivity contribution in [1.82, 2.24) is 14.8 Å². The van der Waals surface area contributed by atoms with Crippen molar-refractivity contribution in [2.45, 2.75) is 52.2 Å². The van der Waals surface area contributed by atoms with Gasteiger partial charge >= 0.3 is 0 Å². The number of nitrogens with one attached hydrogen (secondary N) is 1. The average molecular weight is 319 g/mol. The summed E-state index contributed by atoms with van der Waals surface area (Å²) in [6.07, 6.45) is 4.99. The normalized spacial score (nSPS) is 21.9. The van der Waals surface area contributed by atoms with Gasteiger partial charge in [-0.3, -0.25) is 4.79 Å². The average Bonchev–Trinajstić information content (AvgIpc) is 3.26. The van der Waals surface area contributed by atoms with Crippen LogP contribution in [0.5, 0.6) is 0 Å². The molecule has 128 valence electrons. The number of likely N-dealkylation sites (tertiary alicyclic amines) is 1. The van der Waals surface area contributed by atoms with E-state index in [0.29, 0.717) is 6.54 Å². The first kappa shape index (κ1) is 16.5. The molecule has 23 heavy (non-hydrogen) atoms. The number of amides is 1. The molecular weight excluding hydrogens is 290 g/mol. The zero-order valence-corrected chi connectivity index (χ0v) is 14.4. The van der Waals surface area contributed by atoms with Gasteiger partial charge in [0.25, 0.3) is 5.91 Å². The minimum Gasteiger partial charge on any atom is -0.376 e. The Morgan fingerprint density at radius 1 is 1.26 bits per heavy atom. The molecule has 0 aromatic carbocycles. The van der Waals surface area contributed by atoms with Crippen LogP contribution in [0.15, 0.2) is 6.07 Å². The van der Waals surface area contributed by atoms with E-state index in [1.807, 2.05) is 6.07 Å². The molecule has 1 amide bonds. The lowest BCUT2D eigenvalue weighted by molar-refractivity contribution is 0.0857. The number of hydrogen-bond donors (Lipinski definition) is 1. The maximum Gasteiger partial charge on any atom is 0.253 e. The van der Waals surface area contributed by atoms with E-state index in [0.717, 1.165) is 43.8 Å². The van der Waals surface area contributed by atoms with Crippen LogP contribution in [0.4, 0.5) is 0 Å². The third-order valence-electron chi connectivity index (χ3n) is 5.17. The van der Waals surface area contributed by atoms with Crippen molar-refractivity contribution in [2.75, 3.05) is 32.8 Å². The van der Waals surface area contributed by atoms with Gasteiger partial charge in [-0.15, -0.1) is 0 Å². The Hall–Kier alpha value is -1.33. The van der Waals surface area contributed by atoms with Gasteiger partial charge in [0.2, 0.25) is 0 Å². The molecule has 0 bridgehead atoms. The summed E-state index contributed by atoms with van der Waals surface area (Å²) in [6, 6.07) is 2.02. The van der Waals surface area contributed by atoms with Crippen molar-refractivity contribution < 1.29 is 9.53 Å². The van der Waals surface area contributed by atoms with Crippen LogP contribution in [0.25, 0.3) is 0 Å². The summed E-state index contributed by atoms with van der Waals surface area (Å²) in [4.78, 5) is 15.0. The molecule has 0 saturated carbocycles. The highest BCUT2D eigenvalue weighted by molar-refractivity contribution is 5.95.